The second-order valence-corrected chi connectivity index (χ2v) is 6.90. The molecule has 1 aliphatic heterocycles. The van der Waals surface area contributed by atoms with Gasteiger partial charge < -0.3 is 20.1 Å². The Morgan fingerprint density at radius 1 is 1.32 bits per heavy atom. The zero-order valence-electron chi connectivity index (χ0n) is 14.8. The third-order valence-electron chi connectivity index (χ3n) is 5.01. The molecule has 2 aromatic heterocycles. The van der Waals surface area contributed by atoms with Crippen molar-refractivity contribution in [1.29, 1.82) is 0 Å². The Bertz CT molecular complexity index is 715. The van der Waals surface area contributed by atoms with Crippen molar-refractivity contribution < 1.29 is 4.52 Å². The Balaban J connectivity index is 1.37. The molecule has 8 nitrogen and oxygen atoms in total. The number of nitrogens with zero attached hydrogens (tertiary/aromatic N) is 5. The fourth-order valence-electron chi connectivity index (χ4n) is 3.32. The first kappa shape index (κ1) is 16.3. The molecular formula is C17H25N7O. The summed E-state index contributed by atoms with van der Waals surface area (Å²) in [6.07, 6.45) is 6.31. The summed E-state index contributed by atoms with van der Waals surface area (Å²) in [6, 6.07) is 2.47. The van der Waals surface area contributed by atoms with Crippen molar-refractivity contribution in [1.82, 2.24) is 25.4 Å². The zero-order valence-corrected chi connectivity index (χ0v) is 14.8. The lowest BCUT2D eigenvalue weighted by Gasteiger charge is -2.27. The van der Waals surface area contributed by atoms with E-state index < -0.39 is 0 Å². The van der Waals surface area contributed by atoms with E-state index in [1.165, 1.54) is 19.3 Å². The van der Waals surface area contributed by atoms with Crippen molar-refractivity contribution in [3.05, 3.63) is 24.1 Å². The van der Waals surface area contributed by atoms with Gasteiger partial charge in [-0.3, -0.25) is 0 Å². The molecule has 25 heavy (non-hydrogen) atoms. The van der Waals surface area contributed by atoms with E-state index in [0.717, 1.165) is 37.0 Å². The average molecular weight is 343 g/mol. The monoisotopic (exact) mass is 343 g/mol. The molecule has 0 spiro atoms. The van der Waals surface area contributed by atoms with Gasteiger partial charge in [-0.2, -0.15) is 4.98 Å². The highest BCUT2D eigenvalue weighted by Gasteiger charge is 2.30. The molecule has 2 aromatic rings. The van der Waals surface area contributed by atoms with E-state index in [9.17, 15) is 0 Å². The van der Waals surface area contributed by atoms with E-state index in [2.05, 4.69) is 42.6 Å². The molecule has 0 amide bonds. The first-order chi connectivity index (χ1) is 12.2. The molecule has 3 heterocycles. The van der Waals surface area contributed by atoms with E-state index in [0.29, 0.717) is 17.9 Å². The summed E-state index contributed by atoms with van der Waals surface area (Å²) >= 11 is 0. The van der Waals surface area contributed by atoms with Crippen LogP contribution in [-0.4, -0.2) is 46.3 Å². The van der Waals surface area contributed by atoms with E-state index in [1.807, 2.05) is 13.1 Å². The summed E-state index contributed by atoms with van der Waals surface area (Å²) in [5.74, 6) is 3.90. The highest BCUT2D eigenvalue weighted by Crippen LogP contribution is 2.38. The lowest BCUT2D eigenvalue weighted by molar-refractivity contribution is 0.333. The second kappa shape index (κ2) is 6.95. The summed E-state index contributed by atoms with van der Waals surface area (Å²) in [6.45, 7) is 3.96. The molecule has 4 rings (SSSR count). The topological polar surface area (TPSA) is 92.0 Å². The van der Waals surface area contributed by atoms with Crippen LogP contribution in [0.4, 0.5) is 11.6 Å². The minimum absolute atomic E-state index is 0.0562. The first-order valence-corrected chi connectivity index (χ1v) is 9.08. The summed E-state index contributed by atoms with van der Waals surface area (Å²) in [4.78, 5) is 15.5. The van der Waals surface area contributed by atoms with Gasteiger partial charge >= 0.3 is 0 Å². The number of anilines is 2. The van der Waals surface area contributed by atoms with Crippen molar-refractivity contribution >= 4 is 11.6 Å². The highest BCUT2D eigenvalue weighted by atomic mass is 16.5. The molecule has 1 aliphatic carbocycles. The van der Waals surface area contributed by atoms with E-state index >= 15 is 0 Å². The maximum Gasteiger partial charge on any atom is 0.243 e. The number of hydrogen-bond donors (Lipinski definition) is 2. The van der Waals surface area contributed by atoms with Crippen LogP contribution < -0.4 is 15.5 Å². The molecule has 2 aliphatic rings. The van der Waals surface area contributed by atoms with Crippen LogP contribution in [0.1, 0.15) is 56.3 Å². The van der Waals surface area contributed by atoms with Crippen molar-refractivity contribution in [2.24, 2.45) is 0 Å². The molecule has 0 aromatic carbocycles. The number of rotatable bonds is 7. The summed E-state index contributed by atoms with van der Waals surface area (Å²) in [5, 5.41) is 10.7. The molecule has 0 radical (unpaired) electrons. The van der Waals surface area contributed by atoms with Crippen molar-refractivity contribution in [3.63, 3.8) is 0 Å². The molecule has 1 saturated heterocycles. The zero-order chi connectivity index (χ0) is 17.2. The van der Waals surface area contributed by atoms with Gasteiger partial charge in [0.25, 0.3) is 0 Å². The van der Waals surface area contributed by atoms with Crippen molar-refractivity contribution in [3.8, 4) is 0 Å². The van der Waals surface area contributed by atoms with Gasteiger partial charge in [0.1, 0.15) is 18.0 Å². The van der Waals surface area contributed by atoms with Crippen LogP contribution in [0.15, 0.2) is 16.9 Å². The fraction of sp³-hybridized carbons (Fsp3) is 0.647. The minimum atomic E-state index is 0.0562. The summed E-state index contributed by atoms with van der Waals surface area (Å²) in [5.41, 5.74) is 0. The first-order valence-electron chi connectivity index (χ1n) is 9.08. The molecule has 2 atom stereocenters. The Morgan fingerprint density at radius 3 is 3.00 bits per heavy atom. The van der Waals surface area contributed by atoms with E-state index in [1.54, 1.807) is 6.33 Å². The third kappa shape index (κ3) is 3.58. The molecule has 8 heteroatoms. The second-order valence-electron chi connectivity index (χ2n) is 6.90. The van der Waals surface area contributed by atoms with Crippen LogP contribution in [0.25, 0.3) is 0 Å². The van der Waals surface area contributed by atoms with Crippen LogP contribution in [0.2, 0.25) is 0 Å². The molecule has 2 fully saturated rings. The number of aromatic nitrogens is 4. The van der Waals surface area contributed by atoms with Crippen molar-refractivity contribution in [2.45, 2.75) is 50.6 Å². The standard InChI is InChI=1S/C17H25N7O/c1-11(17-22-16(23-25-17)12-5-6-12)19-9-13-4-3-7-24(13)15-8-14(18-2)20-10-21-15/h8,10-13,19H,3-7,9H2,1-2H3,(H,18,20,21)/t11-,13-/m0/s1. The lowest BCUT2D eigenvalue weighted by atomic mass is 10.2. The van der Waals surface area contributed by atoms with Crippen LogP contribution in [0, 0.1) is 0 Å². The predicted octanol–water partition coefficient (Wildman–Crippen LogP) is 2.10. The van der Waals surface area contributed by atoms with Gasteiger partial charge in [-0.15, -0.1) is 0 Å². The molecule has 0 unspecified atom stereocenters. The molecular weight excluding hydrogens is 318 g/mol. The summed E-state index contributed by atoms with van der Waals surface area (Å²) < 4.78 is 5.42. The van der Waals surface area contributed by atoms with Gasteiger partial charge in [-0.1, -0.05) is 5.16 Å². The quantitative estimate of drug-likeness (QED) is 0.790. The Morgan fingerprint density at radius 2 is 2.20 bits per heavy atom. The van der Waals surface area contributed by atoms with Gasteiger partial charge in [-0.05, 0) is 32.6 Å². The van der Waals surface area contributed by atoms with Gasteiger partial charge in [-0.25, -0.2) is 9.97 Å². The Labute approximate surface area is 147 Å². The van der Waals surface area contributed by atoms with Gasteiger partial charge in [0, 0.05) is 38.2 Å². The predicted molar refractivity (Wildman–Crippen MR) is 94.6 cm³/mol. The maximum absolute atomic E-state index is 5.42. The van der Waals surface area contributed by atoms with Gasteiger partial charge in [0.2, 0.25) is 5.89 Å². The Hall–Kier alpha value is -2.22. The van der Waals surface area contributed by atoms with E-state index in [-0.39, 0.29) is 6.04 Å². The van der Waals surface area contributed by atoms with Gasteiger partial charge in [0.15, 0.2) is 5.82 Å². The molecule has 134 valence electrons. The lowest BCUT2D eigenvalue weighted by Crippen LogP contribution is -2.39. The SMILES string of the molecule is CNc1cc(N2CCC[C@H]2CN[C@@H](C)c2nc(C3CC3)no2)ncn1. The number of hydrogen-bond acceptors (Lipinski definition) is 8. The average Bonchev–Trinajstić information content (AvgIpc) is 3.19. The normalized spacial score (nSPS) is 21.5. The third-order valence-corrected chi connectivity index (χ3v) is 5.01. The fourth-order valence-corrected chi connectivity index (χ4v) is 3.32. The van der Waals surface area contributed by atoms with Crippen LogP contribution >= 0.6 is 0 Å². The van der Waals surface area contributed by atoms with Crippen LogP contribution in [0.3, 0.4) is 0 Å². The van der Waals surface area contributed by atoms with Crippen LogP contribution in [0.5, 0.6) is 0 Å². The van der Waals surface area contributed by atoms with Gasteiger partial charge in [0.05, 0.1) is 6.04 Å². The summed E-state index contributed by atoms with van der Waals surface area (Å²) in [7, 11) is 1.87. The van der Waals surface area contributed by atoms with Crippen LogP contribution in [-0.2, 0) is 0 Å². The van der Waals surface area contributed by atoms with Crippen molar-refractivity contribution in [2.75, 3.05) is 30.4 Å². The minimum Gasteiger partial charge on any atom is -0.373 e. The number of nitrogens with one attached hydrogen (secondary N) is 2. The molecule has 0 bridgehead atoms. The molecule has 1 saturated carbocycles. The maximum atomic E-state index is 5.42. The Kier molecular flexibility index (Phi) is 4.52. The van der Waals surface area contributed by atoms with E-state index in [4.69, 9.17) is 4.52 Å². The largest absolute Gasteiger partial charge is 0.373 e. The smallest absolute Gasteiger partial charge is 0.243 e. The molecule has 2 N–H and O–H groups in total. The highest BCUT2D eigenvalue weighted by molar-refractivity contribution is 5.49.